The fourth-order valence-electron chi connectivity index (χ4n) is 4.65. The summed E-state index contributed by atoms with van der Waals surface area (Å²) >= 11 is 1.75. The van der Waals surface area contributed by atoms with Gasteiger partial charge >= 0.3 is 0 Å². The molecule has 0 atom stereocenters. The van der Waals surface area contributed by atoms with Crippen LogP contribution in [0.15, 0.2) is 6.33 Å². The van der Waals surface area contributed by atoms with Gasteiger partial charge in [-0.1, -0.05) is 13.8 Å². The van der Waals surface area contributed by atoms with Crippen LogP contribution in [0.25, 0.3) is 20.4 Å². The number of aryl methyl sites for hydroxylation is 1. The summed E-state index contributed by atoms with van der Waals surface area (Å²) in [5, 5.41) is 4.84. The minimum absolute atomic E-state index is 0.452. The van der Waals surface area contributed by atoms with E-state index in [1.54, 1.807) is 17.7 Å². The van der Waals surface area contributed by atoms with Crippen LogP contribution < -0.4 is 5.32 Å². The van der Waals surface area contributed by atoms with Gasteiger partial charge in [0.1, 0.15) is 17.0 Å². The first kappa shape index (κ1) is 19.2. The molecule has 0 bridgehead atoms. The van der Waals surface area contributed by atoms with Gasteiger partial charge in [-0.25, -0.2) is 15.0 Å². The average molecular weight is 412 g/mol. The first-order valence-corrected chi connectivity index (χ1v) is 11.7. The molecule has 1 fully saturated rings. The number of hydrogen-bond donors (Lipinski definition) is 1. The summed E-state index contributed by atoms with van der Waals surface area (Å²) in [5.74, 6) is 1.40. The zero-order valence-electron chi connectivity index (χ0n) is 17.3. The highest BCUT2D eigenvalue weighted by molar-refractivity contribution is 7.26. The van der Waals surface area contributed by atoms with Gasteiger partial charge in [-0.2, -0.15) is 0 Å². The van der Waals surface area contributed by atoms with Crippen LogP contribution in [0.2, 0.25) is 0 Å². The molecular weight excluding hydrogens is 382 g/mol. The molecule has 1 aliphatic heterocycles. The summed E-state index contributed by atoms with van der Waals surface area (Å²) in [6.07, 6.45) is 6.53. The molecule has 2 aliphatic rings. The lowest BCUT2D eigenvalue weighted by Gasteiger charge is -2.26. The average Bonchev–Trinajstić information content (AvgIpc) is 3.13. The normalized spacial score (nSPS) is 17.9. The molecule has 29 heavy (non-hydrogen) atoms. The summed E-state index contributed by atoms with van der Waals surface area (Å²) in [6.45, 7) is 10.1. The third-order valence-corrected chi connectivity index (χ3v) is 7.20. The van der Waals surface area contributed by atoms with Gasteiger partial charge in [0.15, 0.2) is 0 Å². The van der Waals surface area contributed by atoms with Gasteiger partial charge in [-0.05, 0) is 42.7 Å². The maximum atomic E-state index is 5.44. The van der Waals surface area contributed by atoms with E-state index in [-0.39, 0.29) is 0 Å². The van der Waals surface area contributed by atoms with Crippen LogP contribution in [-0.4, -0.2) is 59.2 Å². The molecule has 0 unspecified atom stereocenters. The fourth-order valence-corrected chi connectivity index (χ4v) is 5.78. The van der Waals surface area contributed by atoms with Crippen molar-refractivity contribution in [3.8, 4) is 0 Å². The quantitative estimate of drug-likeness (QED) is 0.685. The van der Waals surface area contributed by atoms with Crippen LogP contribution in [-0.2, 0) is 17.6 Å². The number of rotatable bonds is 5. The Morgan fingerprint density at radius 2 is 1.93 bits per heavy atom. The minimum Gasteiger partial charge on any atom is -0.379 e. The molecule has 3 aromatic heterocycles. The Kier molecular flexibility index (Phi) is 5.37. The van der Waals surface area contributed by atoms with E-state index in [2.05, 4.69) is 29.0 Å². The van der Waals surface area contributed by atoms with Crippen molar-refractivity contribution < 1.29 is 4.74 Å². The Bertz CT molecular complexity index is 1030. The van der Waals surface area contributed by atoms with Gasteiger partial charge in [0, 0.05) is 37.3 Å². The van der Waals surface area contributed by atoms with Gasteiger partial charge in [0.2, 0.25) is 0 Å². The molecule has 0 amide bonds. The zero-order chi connectivity index (χ0) is 19.8. The lowest BCUT2D eigenvalue weighted by molar-refractivity contribution is 0.0398. The predicted octanol–water partition coefficient (Wildman–Crippen LogP) is 3.99. The van der Waals surface area contributed by atoms with Gasteiger partial charge in [0.05, 0.1) is 23.4 Å². The Labute approximate surface area is 175 Å². The number of pyridine rings is 1. The fraction of sp³-hybridized carbons (Fsp3) is 0.591. The summed E-state index contributed by atoms with van der Waals surface area (Å²) in [5.41, 5.74) is 5.34. The highest BCUT2D eigenvalue weighted by atomic mass is 32.1. The number of hydrogen-bond acceptors (Lipinski definition) is 7. The number of fused-ring (bicyclic) bond motifs is 5. The van der Waals surface area contributed by atoms with Gasteiger partial charge in [-0.3, -0.25) is 4.90 Å². The SMILES string of the molecule is CC(C)c1nc2sc3c(NCCN4CCOCC4)ncnc3c2c2c1CCCC2. The van der Waals surface area contributed by atoms with Crippen molar-refractivity contribution >= 4 is 37.6 Å². The van der Waals surface area contributed by atoms with E-state index >= 15 is 0 Å². The van der Waals surface area contributed by atoms with E-state index in [1.165, 1.54) is 35.0 Å². The maximum Gasteiger partial charge on any atom is 0.147 e. The number of thiophene rings is 1. The van der Waals surface area contributed by atoms with Crippen LogP contribution in [0, 0.1) is 0 Å². The molecule has 0 saturated carbocycles. The third-order valence-electron chi connectivity index (χ3n) is 6.13. The Hall–Kier alpha value is -1.83. The lowest BCUT2D eigenvalue weighted by Crippen LogP contribution is -2.39. The Morgan fingerprint density at radius 1 is 1.14 bits per heavy atom. The molecule has 1 N–H and O–H groups in total. The number of anilines is 1. The number of morpholine rings is 1. The molecule has 0 radical (unpaired) electrons. The van der Waals surface area contributed by atoms with Crippen LogP contribution in [0.1, 0.15) is 49.4 Å². The van der Waals surface area contributed by atoms with Crippen LogP contribution in [0.3, 0.4) is 0 Å². The standard InChI is InChI=1S/C22H29N5OS/c1-14(2)18-16-6-4-3-5-15(16)17-19-20(29-22(17)26-18)21(25-13-24-19)23-7-8-27-9-11-28-12-10-27/h13-14H,3-12H2,1-2H3,(H,23,24,25). The van der Waals surface area contributed by atoms with E-state index in [4.69, 9.17) is 14.7 Å². The van der Waals surface area contributed by atoms with Crippen molar-refractivity contribution in [2.24, 2.45) is 0 Å². The molecule has 0 aromatic carbocycles. The minimum atomic E-state index is 0.452. The summed E-state index contributed by atoms with van der Waals surface area (Å²) in [6, 6.07) is 0. The lowest BCUT2D eigenvalue weighted by atomic mass is 9.86. The van der Waals surface area contributed by atoms with Crippen LogP contribution >= 0.6 is 11.3 Å². The first-order chi connectivity index (χ1) is 14.2. The van der Waals surface area contributed by atoms with Crippen LogP contribution in [0.4, 0.5) is 5.82 Å². The number of ether oxygens (including phenoxy) is 1. The molecule has 1 aliphatic carbocycles. The smallest absolute Gasteiger partial charge is 0.147 e. The highest BCUT2D eigenvalue weighted by Crippen LogP contribution is 2.41. The molecule has 0 spiro atoms. The largest absolute Gasteiger partial charge is 0.379 e. The monoisotopic (exact) mass is 411 g/mol. The summed E-state index contributed by atoms with van der Waals surface area (Å²) in [7, 11) is 0. The van der Waals surface area contributed by atoms with E-state index in [1.807, 2.05) is 0 Å². The molecule has 4 heterocycles. The number of nitrogens with one attached hydrogen (secondary N) is 1. The van der Waals surface area contributed by atoms with Crippen molar-refractivity contribution in [3.05, 3.63) is 23.1 Å². The topological polar surface area (TPSA) is 63.2 Å². The molecule has 154 valence electrons. The zero-order valence-corrected chi connectivity index (χ0v) is 18.1. The van der Waals surface area contributed by atoms with E-state index < -0.39 is 0 Å². The third kappa shape index (κ3) is 3.60. The second-order valence-corrected chi connectivity index (χ2v) is 9.38. The number of nitrogens with zero attached hydrogens (tertiary/aromatic N) is 4. The molecule has 6 nitrogen and oxygen atoms in total. The Morgan fingerprint density at radius 3 is 2.72 bits per heavy atom. The van der Waals surface area contributed by atoms with Crippen molar-refractivity contribution in [1.29, 1.82) is 0 Å². The van der Waals surface area contributed by atoms with Gasteiger partial charge in [0.25, 0.3) is 0 Å². The molecule has 3 aromatic rings. The van der Waals surface area contributed by atoms with E-state index in [0.29, 0.717) is 5.92 Å². The molecular formula is C22H29N5OS. The molecule has 1 saturated heterocycles. The predicted molar refractivity (Wildman–Crippen MR) is 119 cm³/mol. The van der Waals surface area contributed by atoms with Crippen molar-refractivity contribution in [3.63, 3.8) is 0 Å². The second-order valence-electron chi connectivity index (χ2n) is 8.38. The molecule has 5 rings (SSSR count). The van der Waals surface area contributed by atoms with Crippen molar-refractivity contribution in [1.82, 2.24) is 19.9 Å². The summed E-state index contributed by atoms with van der Waals surface area (Å²) < 4.78 is 6.58. The maximum absolute atomic E-state index is 5.44. The van der Waals surface area contributed by atoms with Crippen molar-refractivity contribution in [2.75, 3.05) is 44.7 Å². The number of aromatic nitrogens is 3. The first-order valence-electron chi connectivity index (χ1n) is 10.8. The van der Waals surface area contributed by atoms with E-state index in [9.17, 15) is 0 Å². The second kappa shape index (κ2) is 8.13. The van der Waals surface area contributed by atoms with Gasteiger partial charge in [-0.15, -0.1) is 11.3 Å². The highest BCUT2D eigenvalue weighted by Gasteiger charge is 2.24. The van der Waals surface area contributed by atoms with E-state index in [0.717, 1.165) is 73.1 Å². The van der Waals surface area contributed by atoms with Gasteiger partial charge < -0.3 is 10.1 Å². The van der Waals surface area contributed by atoms with Crippen molar-refractivity contribution in [2.45, 2.75) is 45.4 Å². The van der Waals surface area contributed by atoms with Crippen LogP contribution in [0.5, 0.6) is 0 Å². The Balaban J connectivity index is 1.51. The summed E-state index contributed by atoms with van der Waals surface area (Å²) in [4.78, 5) is 18.0. The molecule has 7 heteroatoms.